The number of nitrogens with one attached hydrogen (secondary N) is 2. The second kappa shape index (κ2) is 8.27. The molecule has 2 aromatic carbocycles. The molecule has 2 N–H and O–H groups in total. The maximum absolute atomic E-state index is 14.9. The number of rotatable bonds is 4. The molecule has 0 bridgehead atoms. The molecule has 1 unspecified atom stereocenters. The SMILES string of the molecule is CC1=C(C(=O)Nc2ccccn2)C(c2ccccc2F)n2nc(-c3ccc(F)cc3)nc2N1. The van der Waals surface area contributed by atoms with Crippen LogP contribution in [0, 0.1) is 11.6 Å². The summed E-state index contributed by atoms with van der Waals surface area (Å²) < 4.78 is 29.8. The first-order valence-corrected chi connectivity index (χ1v) is 10.2. The minimum Gasteiger partial charge on any atom is -0.328 e. The molecule has 2 aromatic heterocycles. The van der Waals surface area contributed by atoms with Crippen LogP contribution in [0.5, 0.6) is 0 Å². The molecule has 4 aromatic rings. The first-order valence-electron chi connectivity index (χ1n) is 10.2. The van der Waals surface area contributed by atoms with Crippen molar-refractivity contribution in [2.45, 2.75) is 13.0 Å². The minimum atomic E-state index is -0.882. The number of hydrogen-bond donors (Lipinski definition) is 2. The summed E-state index contributed by atoms with van der Waals surface area (Å²) in [6, 6.07) is 16.2. The normalized spacial score (nSPS) is 15.1. The van der Waals surface area contributed by atoms with Crippen LogP contribution in [0.1, 0.15) is 18.5 Å². The van der Waals surface area contributed by atoms with Crippen molar-refractivity contribution in [2.75, 3.05) is 10.6 Å². The largest absolute Gasteiger partial charge is 0.328 e. The van der Waals surface area contributed by atoms with E-state index in [0.29, 0.717) is 28.9 Å². The van der Waals surface area contributed by atoms with Gasteiger partial charge in [-0.1, -0.05) is 24.3 Å². The highest BCUT2D eigenvalue weighted by molar-refractivity contribution is 6.05. The standard InChI is InChI=1S/C24H18F2N6O/c1-14-20(23(33)29-19-8-4-5-13-27-19)21(17-6-2-3-7-18(17)26)32-24(28-14)30-22(31-32)15-9-11-16(25)12-10-15/h2-13,21H,1H3,(H,27,29,33)(H,28,30,31). The van der Waals surface area contributed by atoms with Crippen LogP contribution >= 0.6 is 0 Å². The van der Waals surface area contributed by atoms with Gasteiger partial charge in [-0.15, -0.1) is 5.10 Å². The van der Waals surface area contributed by atoms with E-state index in [0.717, 1.165) is 0 Å². The summed E-state index contributed by atoms with van der Waals surface area (Å²) in [7, 11) is 0. The maximum atomic E-state index is 14.9. The minimum absolute atomic E-state index is 0.265. The number of carbonyl (C=O) groups is 1. The summed E-state index contributed by atoms with van der Waals surface area (Å²) in [6.45, 7) is 1.72. The fourth-order valence-electron chi connectivity index (χ4n) is 3.77. The quantitative estimate of drug-likeness (QED) is 0.483. The fourth-order valence-corrected chi connectivity index (χ4v) is 3.77. The summed E-state index contributed by atoms with van der Waals surface area (Å²) in [4.78, 5) is 22.0. The summed E-state index contributed by atoms with van der Waals surface area (Å²) in [6.07, 6.45) is 1.56. The molecule has 7 nitrogen and oxygen atoms in total. The van der Waals surface area contributed by atoms with Crippen LogP contribution in [0.4, 0.5) is 20.5 Å². The van der Waals surface area contributed by atoms with Crippen molar-refractivity contribution in [1.82, 2.24) is 19.7 Å². The van der Waals surface area contributed by atoms with E-state index in [4.69, 9.17) is 0 Å². The Kier molecular flexibility index (Phi) is 5.14. The monoisotopic (exact) mass is 444 g/mol. The van der Waals surface area contributed by atoms with Crippen LogP contribution in [0.25, 0.3) is 11.4 Å². The topological polar surface area (TPSA) is 84.7 Å². The van der Waals surface area contributed by atoms with Crippen molar-refractivity contribution in [3.63, 3.8) is 0 Å². The zero-order valence-corrected chi connectivity index (χ0v) is 17.5. The molecular weight excluding hydrogens is 426 g/mol. The van der Waals surface area contributed by atoms with E-state index in [2.05, 4.69) is 25.7 Å². The molecular formula is C24H18F2N6O. The molecule has 3 heterocycles. The highest BCUT2D eigenvalue weighted by Crippen LogP contribution is 2.37. The lowest BCUT2D eigenvalue weighted by molar-refractivity contribution is -0.113. The van der Waals surface area contributed by atoms with Crippen LogP contribution in [0.15, 0.2) is 84.2 Å². The molecule has 33 heavy (non-hydrogen) atoms. The highest BCUT2D eigenvalue weighted by Gasteiger charge is 2.36. The van der Waals surface area contributed by atoms with E-state index in [1.807, 2.05) is 0 Å². The van der Waals surface area contributed by atoms with Gasteiger partial charge >= 0.3 is 0 Å². The van der Waals surface area contributed by atoms with E-state index in [1.165, 1.54) is 22.9 Å². The number of fused-ring (bicyclic) bond motifs is 1. The van der Waals surface area contributed by atoms with Crippen molar-refractivity contribution < 1.29 is 13.6 Å². The van der Waals surface area contributed by atoms with Gasteiger partial charge in [-0.05, 0) is 49.4 Å². The number of allylic oxidation sites excluding steroid dienone is 1. The molecule has 0 fully saturated rings. The van der Waals surface area contributed by atoms with Gasteiger partial charge in [0.15, 0.2) is 5.82 Å². The van der Waals surface area contributed by atoms with E-state index >= 15 is 0 Å². The van der Waals surface area contributed by atoms with Crippen LogP contribution in [0.3, 0.4) is 0 Å². The average molecular weight is 444 g/mol. The van der Waals surface area contributed by atoms with Crippen LogP contribution < -0.4 is 10.6 Å². The zero-order valence-electron chi connectivity index (χ0n) is 17.5. The van der Waals surface area contributed by atoms with Gasteiger partial charge in [-0.3, -0.25) is 4.79 Å². The second-order valence-electron chi connectivity index (χ2n) is 7.47. The van der Waals surface area contributed by atoms with Crippen LogP contribution in [0.2, 0.25) is 0 Å². The Hall–Kier alpha value is -4.40. The average Bonchev–Trinajstić information content (AvgIpc) is 3.23. The lowest BCUT2D eigenvalue weighted by atomic mass is 9.94. The number of benzene rings is 2. The van der Waals surface area contributed by atoms with Gasteiger partial charge in [0.2, 0.25) is 5.95 Å². The third-order valence-electron chi connectivity index (χ3n) is 5.31. The summed E-state index contributed by atoms with van der Waals surface area (Å²) >= 11 is 0. The first kappa shape index (κ1) is 20.5. The molecule has 0 aliphatic carbocycles. The molecule has 1 amide bonds. The van der Waals surface area contributed by atoms with E-state index in [9.17, 15) is 13.6 Å². The van der Waals surface area contributed by atoms with Gasteiger partial charge in [-0.2, -0.15) is 4.98 Å². The van der Waals surface area contributed by atoms with Gasteiger partial charge in [-0.25, -0.2) is 18.4 Å². The van der Waals surface area contributed by atoms with Crippen molar-refractivity contribution in [2.24, 2.45) is 0 Å². The van der Waals surface area contributed by atoms with Crippen molar-refractivity contribution in [3.05, 3.63) is 101 Å². The smallest absolute Gasteiger partial charge is 0.257 e. The van der Waals surface area contributed by atoms with E-state index in [-0.39, 0.29) is 17.0 Å². The first-order chi connectivity index (χ1) is 16.0. The molecule has 5 rings (SSSR count). The van der Waals surface area contributed by atoms with Crippen molar-refractivity contribution in [3.8, 4) is 11.4 Å². The Labute approximate surface area is 187 Å². The second-order valence-corrected chi connectivity index (χ2v) is 7.47. The Morgan fingerprint density at radius 2 is 1.79 bits per heavy atom. The molecule has 0 spiro atoms. The van der Waals surface area contributed by atoms with Gasteiger partial charge in [0.1, 0.15) is 23.5 Å². The third-order valence-corrected chi connectivity index (χ3v) is 5.31. The zero-order chi connectivity index (χ0) is 22.9. The van der Waals surface area contributed by atoms with Gasteiger partial charge in [0.25, 0.3) is 5.91 Å². The van der Waals surface area contributed by atoms with Gasteiger partial charge < -0.3 is 10.6 Å². The number of anilines is 2. The lowest BCUT2D eigenvalue weighted by Gasteiger charge is -2.28. The molecule has 1 aliphatic rings. The van der Waals surface area contributed by atoms with Crippen molar-refractivity contribution >= 4 is 17.7 Å². The Bertz CT molecular complexity index is 1370. The summed E-state index contributed by atoms with van der Waals surface area (Å²) in [5.41, 5.74) is 1.63. The Morgan fingerprint density at radius 1 is 1.03 bits per heavy atom. The highest BCUT2D eigenvalue weighted by atomic mass is 19.1. The molecule has 164 valence electrons. The van der Waals surface area contributed by atoms with E-state index < -0.39 is 17.8 Å². The van der Waals surface area contributed by atoms with Gasteiger partial charge in [0, 0.05) is 23.0 Å². The number of aromatic nitrogens is 4. The Balaban J connectivity index is 1.62. The Morgan fingerprint density at radius 3 is 2.52 bits per heavy atom. The molecule has 9 heteroatoms. The number of carbonyl (C=O) groups excluding carboxylic acids is 1. The van der Waals surface area contributed by atoms with E-state index in [1.54, 1.807) is 61.7 Å². The molecule has 1 aliphatic heterocycles. The van der Waals surface area contributed by atoms with Crippen LogP contribution in [-0.4, -0.2) is 25.7 Å². The van der Waals surface area contributed by atoms with Crippen LogP contribution in [-0.2, 0) is 4.79 Å². The molecule has 1 atom stereocenters. The van der Waals surface area contributed by atoms with Gasteiger partial charge in [0.05, 0.1) is 5.57 Å². The number of nitrogens with zero attached hydrogens (tertiary/aromatic N) is 4. The lowest BCUT2D eigenvalue weighted by Crippen LogP contribution is -2.32. The summed E-state index contributed by atoms with van der Waals surface area (Å²) in [5, 5.41) is 10.4. The number of halogens is 2. The molecule has 0 saturated carbocycles. The predicted octanol–water partition coefficient (Wildman–Crippen LogP) is 4.55. The predicted molar refractivity (Wildman–Crippen MR) is 119 cm³/mol. The summed E-state index contributed by atoms with van der Waals surface area (Å²) in [5.74, 6) is -0.281. The number of pyridine rings is 1. The number of amides is 1. The van der Waals surface area contributed by atoms with Crippen molar-refractivity contribution in [1.29, 1.82) is 0 Å². The third kappa shape index (κ3) is 3.84. The maximum Gasteiger partial charge on any atom is 0.257 e. The molecule has 0 saturated heterocycles. The molecule has 0 radical (unpaired) electrons. The number of hydrogen-bond acceptors (Lipinski definition) is 5. The fraction of sp³-hybridized carbons (Fsp3) is 0.0833.